The maximum Gasteiger partial charge on any atom is 0.191 e. The van der Waals surface area contributed by atoms with E-state index in [1.165, 1.54) is 0 Å². The van der Waals surface area contributed by atoms with E-state index in [0.29, 0.717) is 12.5 Å². The molecule has 0 aliphatic heterocycles. The van der Waals surface area contributed by atoms with Crippen LogP contribution in [0.25, 0.3) is 5.69 Å². The monoisotopic (exact) mass is 481 g/mol. The zero-order valence-electron chi connectivity index (χ0n) is 15.4. The van der Waals surface area contributed by atoms with Crippen LogP contribution < -0.4 is 10.6 Å². The van der Waals surface area contributed by atoms with Gasteiger partial charge in [0.25, 0.3) is 0 Å². The maximum atomic E-state index is 4.25. The van der Waals surface area contributed by atoms with Crippen LogP contribution in [0, 0.1) is 0 Å². The molecule has 0 amide bonds. The molecule has 1 aromatic carbocycles. The fourth-order valence-electron chi connectivity index (χ4n) is 2.60. The van der Waals surface area contributed by atoms with Gasteiger partial charge in [0.2, 0.25) is 0 Å². The molecule has 0 aliphatic carbocycles. The average molecular weight is 481 g/mol. The molecule has 10 heteroatoms. The van der Waals surface area contributed by atoms with Gasteiger partial charge in [-0.15, -0.1) is 44.4 Å². The lowest BCUT2D eigenvalue weighted by Gasteiger charge is -2.13. The normalized spacial score (nSPS) is 11.1. The molecular weight excluding hydrogens is 457 g/mol. The van der Waals surface area contributed by atoms with E-state index in [1.54, 1.807) is 19.7 Å². The first-order valence-corrected chi connectivity index (χ1v) is 8.57. The van der Waals surface area contributed by atoms with Crippen molar-refractivity contribution in [2.24, 2.45) is 4.99 Å². The molecule has 2 heterocycles. The Morgan fingerprint density at radius 1 is 1.04 bits per heavy atom. The molecule has 0 atom stereocenters. The lowest BCUT2D eigenvalue weighted by Crippen LogP contribution is -2.39. The van der Waals surface area contributed by atoms with Crippen LogP contribution in [0.3, 0.4) is 0 Å². The Labute approximate surface area is 175 Å². The number of nitrogens with zero attached hydrogens (tertiary/aromatic N) is 7. The molecule has 2 N–H and O–H groups in total. The second kappa shape index (κ2) is 10.6. The minimum Gasteiger partial charge on any atom is -0.355 e. The number of hydrogen-bond acceptors (Lipinski definition) is 5. The summed E-state index contributed by atoms with van der Waals surface area (Å²) in [5, 5.41) is 22.8. The highest BCUT2D eigenvalue weighted by Gasteiger charge is 2.07. The number of guanidine groups is 1. The molecule has 0 spiro atoms. The molecule has 144 valence electrons. The highest BCUT2D eigenvalue weighted by atomic mass is 127. The maximum absolute atomic E-state index is 4.25. The summed E-state index contributed by atoms with van der Waals surface area (Å²) in [5.74, 6) is 2.50. The van der Waals surface area contributed by atoms with Gasteiger partial charge in [0.15, 0.2) is 11.8 Å². The van der Waals surface area contributed by atoms with E-state index >= 15 is 0 Å². The Morgan fingerprint density at radius 3 is 2.52 bits per heavy atom. The van der Waals surface area contributed by atoms with Gasteiger partial charge in [-0.1, -0.05) is 25.1 Å². The van der Waals surface area contributed by atoms with Crippen molar-refractivity contribution in [1.82, 2.24) is 40.2 Å². The van der Waals surface area contributed by atoms with Crippen LogP contribution in [0.5, 0.6) is 0 Å². The molecule has 0 aliphatic rings. The minimum atomic E-state index is 0. The topological polar surface area (TPSA) is 97.8 Å². The lowest BCUT2D eigenvalue weighted by molar-refractivity contribution is 0.630. The molecule has 0 bridgehead atoms. The zero-order valence-corrected chi connectivity index (χ0v) is 17.7. The Bertz CT molecular complexity index is 841. The summed E-state index contributed by atoms with van der Waals surface area (Å²) >= 11 is 0. The summed E-state index contributed by atoms with van der Waals surface area (Å²) in [4.78, 5) is 4.25. The number of halogens is 1. The Kier molecular flexibility index (Phi) is 8.17. The van der Waals surface area contributed by atoms with Gasteiger partial charge in [0.05, 0.1) is 6.54 Å². The van der Waals surface area contributed by atoms with Crippen molar-refractivity contribution in [3.8, 4) is 5.69 Å². The third-order valence-electron chi connectivity index (χ3n) is 3.95. The fraction of sp³-hybridized carbons (Fsp3) is 0.353. The third-order valence-corrected chi connectivity index (χ3v) is 3.95. The number of aryl methyl sites for hydroxylation is 1. The van der Waals surface area contributed by atoms with Crippen LogP contribution in [0.4, 0.5) is 0 Å². The first-order chi connectivity index (χ1) is 12.8. The molecule has 0 radical (unpaired) electrons. The van der Waals surface area contributed by atoms with Crippen molar-refractivity contribution in [2.75, 3.05) is 13.6 Å². The van der Waals surface area contributed by atoms with Gasteiger partial charge < -0.3 is 15.2 Å². The molecule has 0 fully saturated rings. The van der Waals surface area contributed by atoms with E-state index in [-0.39, 0.29) is 24.0 Å². The highest BCUT2D eigenvalue weighted by molar-refractivity contribution is 14.0. The van der Waals surface area contributed by atoms with E-state index in [9.17, 15) is 0 Å². The van der Waals surface area contributed by atoms with E-state index in [1.807, 2.05) is 39.5 Å². The summed E-state index contributed by atoms with van der Waals surface area (Å²) in [6.07, 6.45) is 4.32. The molecule has 3 rings (SSSR count). The van der Waals surface area contributed by atoms with Crippen LogP contribution >= 0.6 is 24.0 Å². The summed E-state index contributed by atoms with van der Waals surface area (Å²) in [6.45, 7) is 4.08. The summed E-state index contributed by atoms with van der Waals surface area (Å²) < 4.78 is 3.98. The summed E-state index contributed by atoms with van der Waals surface area (Å²) in [5.41, 5.74) is 1.02. The molecule has 27 heavy (non-hydrogen) atoms. The Morgan fingerprint density at radius 2 is 1.78 bits per heavy atom. The first kappa shape index (κ1) is 20.8. The Hall–Kier alpha value is -2.50. The third kappa shape index (κ3) is 5.49. The van der Waals surface area contributed by atoms with E-state index in [0.717, 1.165) is 36.8 Å². The minimum absolute atomic E-state index is 0. The molecule has 0 saturated heterocycles. The molecule has 0 saturated carbocycles. The highest BCUT2D eigenvalue weighted by Crippen LogP contribution is 2.08. The van der Waals surface area contributed by atoms with Crippen LogP contribution in [0.15, 0.2) is 48.0 Å². The number of aliphatic imine (C=N–C) groups is 1. The summed E-state index contributed by atoms with van der Waals surface area (Å²) in [7, 11) is 1.74. The zero-order chi connectivity index (χ0) is 18.2. The molecule has 2 aromatic heterocycles. The first-order valence-electron chi connectivity index (χ1n) is 8.57. The van der Waals surface area contributed by atoms with Gasteiger partial charge in [-0.25, -0.2) is 0 Å². The van der Waals surface area contributed by atoms with Crippen molar-refractivity contribution < 1.29 is 0 Å². The number of benzene rings is 1. The van der Waals surface area contributed by atoms with Crippen LogP contribution in [-0.4, -0.2) is 49.1 Å². The van der Waals surface area contributed by atoms with E-state index in [4.69, 9.17) is 0 Å². The van der Waals surface area contributed by atoms with Gasteiger partial charge in [-0.2, -0.15) is 0 Å². The van der Waals surface area contributed by atoms with Crippen molar-refractivity contribution in [3.05, 3.63) is 54.6 Å². The van der Waals surface area contributed by atoms with Crippen LogP contribution in [0.2, 0.25) is 0 Å². The molecule has 0 unspecified atom stereocenters. The van der Waals surface area contributed by atoms with Crippen molar-refractivity contribution in [3.63, 3.8) is 0 Å². The average Bonchev–Trinajstić information content (AvgIpc) is 3.34. The largest absolute Gasteiger partial charge is 0.355 e. The van der Waals surface area contributed by atoms with Crippen molar-refractivity contribution in [2.45, 2.75) is 26.4 Å². The summed E-state index contributed by atoms with van der Waals surface area (Å²) in [6, 6.07) is 10.00. The SMILES string of the molecule is CCc1nncn1CCNC(=NC)NCc1nncn1-c1ccccc1.I. The lowest BCUT2D eigenvalue weighted by atomic mass is 10.3. The standard InChI is InChI=1S/C17H23N9.HI/c1-3-15-23-21-12-25(15)10-9-19-17(18-2)20-11-16-24-22-13-26(16)14-7-5-4-6-8-14;/h4-8,12-13H,3,9-11H2,1-2H3,(H2,18,19,20);1H. The predicted molar refractivity (Wildman–Crippen MR) is 114 cm³/mol. The number of rotatable bonds is 7. The number of nitrogens with one attached hydrogen (secondary N) is 2. The Balaban J connectivity index is 0.00000261. The van der Waals surface area contributed by atoms with Crippen LogP contribution in [0.1, 0.15) is 18.6 Å². The quantitative estimate of drug-likeness (QED) is 0.301. The number of aromatic nitrogens is 6. The van der Waals surface area contributed by atoms with Gasteiger partial charge >= 0.3 is 0 Å². The van der Waals surface area contributed by atoms with Crippen molar-refractivity contribution >= 4 is 29.9 Å². The van der Waals surface area contributed by atoms with Gasteiger partial charge in [-0.05, 0) is 12.1 Å². The van der Waals surface area contributed by atoms with E-state index in [2.05, 4.69) is 42.9 Å². The molecular formula is C17H24IN9. The second-order valence-electron chi connectivity index (χ2n) is 5.60. The smallest absolute Gasteiger partial charge is 0.191 e. The second-order valence-corrected chi connectivity index (χ2v) is 5.60. The molecule has 9 nitrogen and oxygen atoms in total. The number of hydrogen-bond donors (Lipinski definition) is 2. The van der Waals surface area contributed by atoms with Crippen molar-refractivity contribution in [1.29, 1.82) is 0 Å². The fourth-order valence-corrected chi connectivity index (χ4v) is 2.60. The van der Waals surface area contributed by atoms with Gasteiger partial charge in [-0.3, -0.25) is 9.56 Å². The van der Waals surface area contributed by atoms with Crippen LogP contribution in [-0.2, 0) is 19.5 Å². The number of para-hydroxylation sites is 1. The molecule has 3 aromatic rings. The van der Waals surface area contributed by atoms with Gasteiger partial charge in [0.1, 0.15) is 18.5 Å². The van der Waals surface area contributed by atoms with Gasteiger partial charge in [0, 0.05) is 32.2 Å². The van der Waals surface area contributed by atoms with E-state index < -0.39 is 0 Å². The predicted octanol–water partition coefficient (Wildman–Crippen LogP) is 1.40.